The van der Waals surface area contributed by atoms with Crippen LogP contribution in [0.1, 0.15) is 32.7 Å². The van der Waals surface area contributed by atoms with Crippen molar-refractivity contribution in [3.63, 3.8) is 0 Å². The molecule has 0 atom stereocenters. The second-order valence-corrected chi connectivity index (χ2v) is 7.66. The molecule has 0 saturated carbocycles. The molecule has 4 aromatic rings. The Kier molecular flexibility index (Phi) is 5.54. The van der Waals surface area contributed by atoms with E-state index in [0.717, 1.165) is 28.1 Å². The number of rotatable bonds is 5. The third-order valence-electron chi connectivity index (χ3n) is 5.22. The van der Waals surface area contributed by atoms with Crippen molar-refractivity contribution in [2.24, 2.45) is 0 Å². The van der Waals surface area contributed by atoms with Crippen molar-refractivity contribution in [1.82, 2.24) is 20.1 Å². The van der Waals surface area contributed by atoms with Crippen LogP contribution >= 0.6 is 0 Å². The highest BCUT2D eigenvalue weighted by Crippen LogP contribution is 2.24. The number of nitrogens with one attached hydrogen (secondary N) is 2. The Hall–Kier alpha value is -3.93. The van der Waals surface area contributed by atoms with Crippen molar-refractivity contribution in [1.29, 1.82) is 0 Å². The lowest BCUT2D eigenvalue weighted by Crippen LogP contribution is -2.28. The first-order chi connectivity index (χ1) is 14.9. The molecule has 31 heavy (non-hydrogen) atoms. The molecule has 6 nitrogen and oxygen atoms in total. The summed E-state index contributed by atoms with van der Waals surface area (Å²) in [5.74, 6) is -0.280. The molecule has 0 radical (unpaired) electrons. The minimum atomic E-state index is -0.280. The van der Waals surface area contributed by atoms with Gasteiger partial charge in [0.15, 0.2) is 0 Å². The molecule has 0 aliphatic rings. The van der Waals surface area contributed by atoms with Gasteiger partial charge in [-0.15, -0.1) is 0 Å². The summed E-state index contributed by atoms with van der Waals surface area (Å²) >= 11 is 0. The summed E-state index contributed by atoms with van der Waals surface area (Å²) in [5.41, 5.74) is 5.90. The van der Waals surface area contributed by atoms with Crippen molar-refractivity contribution >= 4 is 5.91 Å². The maximum absolute atomic E-state index is 13.1. The van der Waals surface area contributed by atoms with Gasteiger partial charge >= 0.3 is 0 Å². The average molecular weight is 412 g/mol. The van der Waals surface area contributed by atoms with E-state index in [1.54, 1.807) is 10.9 Å². The quantitative estimate of drug-likeness (QED) is 0.518. The highest BCUT2D eigenvalue weighted by Gasteiger charge is 2.19. The molecule has 4 rings (SSSR count). The van der Waals surface area contributed by atoms with Crippen LogP contribution in [0.4, 0.5) is 0 Å². The van der Waals surface area contributed by atoms with E-state index in [4.69, 9.17) is 5.10 Å². The van der Waals surface area contributed by atoms with Crippen LogP contribution in [0.25, 0.3) is 16.9 Å². The number of pyridine rings is 1. The lowest BCUT2D eigenvalue weighted by Gasteiger charge is -2.08. The van der Waals surface area contributed by atoms with Gasteiger partial charge in [0.25, 0.3) is 11.5 Å². The molecule has 2 aromatic heterocycles. The van der Waals surface area contributed by atoms with E-state index in [0.29, 0.717) is 16.8 Å². The summed E-state index contributed by atoms with van der Waals surface area (Å²) in [6.07, 6.45) is 1.73. The van der Waals surface area contributed by atoms with Gasteiger partial charge in [0.1, 0.15) is 5.69 Å². The van der Waals surface area contributed by atoms with Gasteiger partial charge in [-0.3, -0.25) is 9.59 Å². The zero-order valence-corrected chi connectivity index (χ0v) is 17.8. The largest absolute Gasteiger partial charge is 0.348 e. The number of benzene rings is 2. The summed E-state index contributed by atoms with van der Waals surface area (Å²) in [6, 6.07) is 19.4. The number of carbonyl (C=O) groups excluding carboxylic acids is 1. The SMILES string of the molecule is Cc1ccc(-c2nn(-c3ccccc3)cc2C(=O)NCc2c(C)cc(C)[nH]c2=O)cc1. The fraction of sp³-hybridized carbons (Fsp3) is 0.160. The molecule has 1 amide bonds. The first-order valence-corrected chi connectivity index (χ1v) is 10.1. The summed E-state index contributed by atoms with van der Waals surface area (Å²) in [4.78, 5) is 28.2. The van der Waals surface area contributed by atoms with Crippen LogP contribution in [0.2, 0.25) is 0 Å². The molecule has 0 fully saturated rings. The number of carbonyl (C=O) groups is 1. The van der Waals surface area contributed by atoms with E-state index in [2.05, 4.69) is 10.3 Å². The molecule has 2 aromatic carbocycles. The second-order valence-electron chi connectivity index (χ2n) is 7.66. The smallest absolute Gasteiger partial charge is 0.255 e. The van der Waals surface area contributed by atoms with E-state index in [-0.39, 0.29) is 18.0 Å². The van der Waals surface area contributed by atoms with E-state index < -0.39 is 0 Å². The number of hydrogen-bond donors (Lipinski definition) is 2. The van der Waals surface area contributed by atoms with Gasteiger partial charge in [-0.2, -0.15) is 5.10 Å². The van der Waals surface area contributed by atoms with Crippen LogP contribution in [-0.4, -0.2) is 20.7 Å². The zero-order chi connectivity index (χ0) is 22.0. The number of para-hydroxylation sites is 1. The van der Waals surface area contributed by atoms with Crippen LogP contribution in [0.3, 0.4) is 0 Å². The molecule has 2 heterocycles. The molecule has 0 saturated heterocycles. The van der Waals surface area contributed by atoms with Crippen molar-refractivity contribution in [2.75, 3.05) is 0 Å². The van der Waals surface area contributed by atoms with Crippen LogP contribution in [0.5, 0.6) is 0 Å². The van der Waals surface area contributed by atoms with Gasteiger partial charge in [-0.1, -0.05) is 48.0 Å². The van der Waals surface area contributed by atoms with Crippen LogP contribution in [-0.2, 0) is 6.54 Å². The molecule has 156 valence electrons. The van der Waals surface area contributed by atoms with Gasteiger partial charge in [-0.25, -0.2) is 4.68 Å². The second kappa shape index (κ2) is 8.44. The topological polar surface area (TPSA) is 79.8 Å². The Morgan fingerprint density at radius 3 is 2.42 bits per heavy atom. The van der Waals surface area contributed by atoms with E-state index in [1.807, 2.05) is 81.4 Å². The Labute approximate surface area is 180 Å². The van der Waals surface area contributed by atoms with Crippen LogP contribution in [0.15, 0.2) is 71.7 Å². The number of nitrogens with zero attached hydrogens (tertiary/aromatic N) is 2. The monoisotopic (exact) mass is 412 g/mol. The van der Waals surface area contributed by atoms with Gasteiger partial charge < -0.3 is 10.3 Å². The summed E-state index contributed by atoms with van der Waals surface area (Å²) < 4.78 is 1.70. The molecule has 2 N–H and O–H groups in total. The Morgan fingerprint density at radius 2 is 1.74 bits per heavy atom. The highest BCUT2D eigenvalue weighted by molar-refractivity contribution is 5.99. The number of aromatic amines is 1. The van der Waals surface area contributed by atoms with E-state index in [9.17, 15) is 9.59 Å². The average Bonchev–Trinajstić information content (AvgIpc) is 3.19. The predicted molar refractivity (Wildman–Crippen MR) is 121 cm³/mol. The molecular formula is C25H24N4O2. The Morgan fingerprint density at radius 1 is 1.03 bits per heavy atom. The first kappa shape index (κ1) is 20.3. The minimum absolute atomic E-state index is 0.143. The summed E-state index contributed by atoms with van der Waals surface area (Å²) in [5, 5.41) is 7.58. The van der Waals surface area contributed by atoms with Crippen molar-refractivity contribution in [2.45, 2.75) is 27.3 Å². The van der Waals surface area contributed by atoms with Gasteiger partial charge in [0.05, 0.1) is 11.3 Å². The maximum Gasteiger partial charge on any atom is 0.255 e. The third kappa shape index (κ3) is 4.33. The molecule has 0 aliphatic carbocycles. The van der Waals surface area contributed by atoms with E-state index >= 15 is 0 Å². The molecular weight excluding hydrogens is 388 g/mol. The number of amides is 1. The molecule has 6 heteroatoms. The first-order valence-electron chi connectivity index (χ1n) is 10.1. The minimum Gasteiger partial charge on any atom is -0.348 e. The molecule has 0 spiro atoms. The van der Waals surface area contributed by atoms with Crippen molar-refractivity contribution in [3.8, 4) is 16.9 Å². The van der Waals surface area contributed by atoms with Crippen molar-refractivity contribution in [3.05, 3.63) is 105 Å². The number of H-pyrrole nitrogens is 1. The fourth-order valence-electron chi connectivity index (χ4n) is 3.54. The summed E-state index contributed by atoms with van der Waals surface area (Å²) in [7, 11) is 0. The fourth-order valence-corrected chi connectivity index (χ4v) is 3.54. The Balaban J connectivity index is 1.69. The lowest BCUT2D eigenvalue weighted by molar-refractivity contribution is 0.0951. The summed E-state index contributed by atoms with van der Waals surface area (Å²) in [6.45, 7) is 5.86. The Bertz CT molecular complexity index is 1290. The van der Waals surface area contributed by atoms with Gasteiger partial charge in [0.2, 0.25) is 0 Å². The maximum atomic E-state index is 13.1. The highest BCUT2D eigenvalue weighted by atomic mass is 16.2. The third-order valence-corrected chi connectivity index (χ3v) is 5.22. The number of aryl methyl sites for hydroxylation is 3. The number of aromatic nitrogens is 3. The van der Waals surface area contributed by atoms with E-state index in [1.165, 1.54) is 0 Å². The normalized spacial score (nSPS) is 10.8. The molecule has 0 unspecified atom stereocenters. The lowest BCUT2D eigenvalue weighted by atomic mass is 10.1. The molecule has 0 bridgehead atoms. The molecule has 0 aliphatic heterocycles. The predicted octanol–water partition coefficient (Wildman–Crippen LogP) is 4.08. The van der Waals surface area contributed by atoms with Gasteiger partial charge in [-0.05, 0) is 44.5 Å². The van der Waals surface area contributed by atoms with Crippen molar-refractivity contribution < 1.29 is 4.79 Å². The zero-order valence-electron chi connectivity index (χ0n) is 17.8. The number of hydrogen-bond acceptors (Lipinski definition) is 3. The standard InChI is InChI=1S/C25H24N4O2/c1-16-9-11-19(12-10-16)23-22(15-29(28-23)20-7-5-4-6-8-20)24(30)26-14-21-17(2)13-18(3)27-25(21)31/h4-13,15H,14H2,1-3H3,(H,26,30)(H,27,31). The van der Waals surface area contributed by atoms with Gasteiger partial charge in [0, 0.05) is 29.6 Å². The van der Waals surface area contributed by atoms with Crippen LogP contribution in [0, 0.1) is 20.8 Å². The van der Waals surface area contributed by atoms with Crippen LogP contribution < -0.4 is 10.9 Å².